The lowest BCUT2D eigenvalue weighted by Gasteiger charge is -2.01. The number of thiophene rings is 4. The predicted octanol–water partition coefficient (Wildman–Crippen LogP) is 14.6. The Hall–Kier alpha value is -4.72. The van der Waals surface area contributed by atoms with Crippen LogP contribution in [0.25, 0.3) is 92.9 Å². The highest BCUT2D eigenvalue weighted by Gasteiger charge is 2.14. The summed E-state index contributed by atoms with van der Waals surface area (Å²) in [6.45, 7) is 0. The molecule has 228 valence electrons. The minimum absolute atomic E-state index is 0.216. The van der Waals surface area contributed by atoms with Crippen molar-refractivity contribution in [2.75, 3.05) is 0 Å². The second-order valence-electron chi connectivity index (χ2n) is 12.1. The molecule has 0 aliphatic carbocycles. The smallest absolute Gasteiger partial charge is 0.123 e. The molecule has 0 N–H and O–H groups in total. The van der Waals surface area contributed by atoms with Gasteiger partial charge in [0.15, 0.2) is 0 Å². The van der Waals surface area contributed by atoms with Crippen LogP contribution in [-0.2, 0) is 0 Å². The maximum Gasteiger partial charge on any atom is 0.123 e. The topological polar surface area (TPSA) is 0 Å². The molecule has 48 heavy (non-hydrogen) atoms. The molecule has 0 nitrogen and oxygen atoms in total. The molecule has 0 unspecified atom stereocenters. The average molecular weight is 693 g/mol. The molecular formula is C42H22F2S4. The van der Waals surface area contributed by atoms with E-state index in [0.717, 1.165) is 22.3 Å². The van der Waals surface area contributed by atoms with Crippen molar-refractivity contribution < 1.29 is 8.78 Å². The molecule has 0 fully saturated rings. The molecular weight excluding hydrogens is 671 g/mol. The Morgan fingerprint density at radius 3 is 1.00 bits per heavy atom. The third-order valence-corrected chi connectivity index (χ3v) is 13.8. The van der Waals surface area contributed by atoms with Crippen LogP contribution in [0.4, 0.5) is 8.78 Å². The Labute approximate surface area is 290 Å². The van der Waals surface area contributed by atoms with E-state index < -0.39 is 0 Å². The Bertz CT molecular complexity index is 2580. The molecule has 0 radical (unpaired) electrons. The molecule has 10 aromatic rings. The van der Waals surface area contributed by atoms with Gasteiger partial charge in [-0.25, -0.2) is 8.78 Å². The summed E-state index contributed by atoms with van der Waals surface area (Å²) in [5, 5.41) is 7.51. The minimum Gasteiger partial charge on any atom is -0.207 e. The SMILES string of the molecule is Fc1ccc(-c2ccc3cc(-c4cc5cc6cc7sc(-c8cc9ccc(-c%10ccc(F)cc%10)cc9s8)cc7cc6cc5s4)sc3c2)cc1. The summed E-state index contributed by atoms with van der Waals surface area (Å²) in [7, 11) is 0. The maximum absolute atomic E-state index is 13.5. The van der Waals surface area contributed by atoms with E-state index in [1.165, 1.54) is 94.9 Å². The van der Waals surface area contributed by atoms with Crippen molar-refractivity contribution in [2.45, 2.75) is 0 Å². The predicted molar refractivity (Wildman–Crippen MR) is 207 cm³/mol. The lowest BCUT2D eigenvalue weighted by atomic mass is 10.0. The number of benzene rings is 6. The van der Waals surface area contributed by atoms with Gasteiger partial charge in [-0.05, 0) is 140 Å². The Morgan fingerprint density at radius 1 is 0.271 bits per heavy atom. The molecule has 0 aliphatic heterocycles. The highest BCUT2D eigenvalue weighted by molar-refractivity contribution is 7.29. The highest BCUT2D eigenvalue weighted by atomic mass is 32.1. The van der Waals surface area contributed by atoms with Crippen LogP contribution >= 0.6 is 45.3 Å². The van der Waals surface area contributed by atoms with Gasteiger partial charge in [0, 0.05) is 38.3 Å². The zero-order valence-corrected chi connectivity index (χ0v) is 28.4. The first-order chi connectivity index (χ1) is 23.5. The number of halogens is 2. The van der Waals surface area contributed by atoms with Gasteiger partial charge in [-0.15, -0.1) is 45.3 Å². The molecule has 0 aliphatic rings. The van der Waals surface area contributed by atoms with E-state index in [-0.39, 0.29) is 11.6 Å². The van der Waals surface area contributed by atoms with Gasteiger partial charge in [-0.1, -0.05) is 48.5 Å². The van der Waals surface area contributed by atoms with E-state index in [1.54, 1.807) is 0 Å². The first-order valence-electron chi connectivity index (χ1n) is 15.5. The number of rotatable bonds is 4. The van der Waals surface area contributed by atoms with Crippen molar-refractivity contribution in [2.24, 2.45) is 0 Å². The van der Waals surface area contributed by atoms with Crippen molar-refractivity contribution in [1.82, 2.24) is 0 Å². The van der Waals surface area contributed by atoms with E-state index in [9.17, 15) is 8.78 Å². The third-order valence-electron chi connectivity index (χ3n) is 8.99. The van der Waals surface area contributed by atoms with Crippen molar-refractivity contribution in [3.63, 3.8) is 0 Å². The number of hydrogen-bond donors (Lipinski definition) is 0. The van der Waals surface area contributed by atoms with Crippen LogP contribution in [0.5, 0.6) is 0 Å². The molecule has 6 heteroatoms. The van der Waals surface area contributed by atoms with E-state index >= 15 is 0 Å². The molecule has 0 bridgehead atoms. The summed E-state index contributed by atoms with van der Waals surface area (Å²) in [4.78, 5) is 5.10. The van der Waals surface area contributed by atoms with Crippen LogP contribution in [0.3, 0.4) is 0 Å². The van der Waals surface area contributed by atoms with Crippen LogP contribution < -0.4 is 0 Å². The maximum atomic E-state index is 13.5. The first-order valence-corrected chi connectivity index (χ1v) is 18.8. The lowest BCUT2D eigenvalue weighted by Crippen LogP contribution is -1.78. The highest BCUT2D eigenvalue weighted by Crippen LogP contribution is 2.44. The normalized spacial score (nSPS) is 12.0. The van der Waals surface area contributed by atoms with Crippen LogP contribution in [0, 0.1) is 11.6 Å². The van der Waals surface area contributed by atoms with Gasteiger partial charge in [0.2, 0.25) is 0 Å². The van der Waals surface area contributed by atoms with E-state index in [1.807, 2.05) is 69.6 Å². The first kappa shape index (κ1) is 28.3. The minimum atomic E-state index is -0.216. The molecule has 4 aromatic heterocycles. The van der Waals surface area contributed by atoms with Crippen molar-refractivity contribution >= 4 is 96.5 Å². The zero-order chi connectivity index (χ0) is 31.9. The fourth-order valence-corrected chi connectivity index (χ4v) is 11.0. The van der Waals surface area contributed by atoms with Crippen LogP contribution in [0.2, 0.25) is 0 Å². The fourth-order valence-electron chi connectivity index (χ4n) is 6.52. The second-order valence-corrected chi connectivity index (χ2v) is 16.4. The van der Waals surface area contributed by atoms with Gasteiger partial charge in [0.05, 0.1) is 0 Å². The number of hydrogen-bond acceptors (Lipinski definition) is 4. The Morgan fingerprint density at radius 2 is 0.604 bits per heavy atom. The zero-order valence-electron chi connectivity index (χ0n) is 25.1. The summed E-state index contributed by atoms with van der Waals surface area (Å²) in [5.74, 6) is -0.431. The molecule has 0 atom stereocenters. The Balaban J connectivity index is 0.979. The molecule has 0 saturated carbocycles. The molecule has 0 amide bonds. The van der Waals surface area contributed by atoms with Gasteiger partial charge in [-0.3, -0.25) is 0 Å². The number of fused-ring (bicyclic) bond motifs is 5. The third kappa shape index (κ3) is 4.87. The lowest BCUT2D eigenvalue weighted by molar-refractivity contribution is 0.627. The van der Waals surface area contributed by atoms with Crippen LogP contribution in [0.1, 0.15) is 0 Å². The van der Waals surface area contributed by atoms with Gasteiger partial charge < -0.3 is 0 Å². The summed E-state index contributed by atoms with van der Waals surface area (Å²) >= 11 is 7.32. The molecule has 10 rings (SSSR count). The van der Waals surface area contributed by atoms with Gasteiger partial charge >= 0.3 is 0 Å². The molecule has 6 aromatic carbocycles. The van der Waals surface area contributed by atoms with Gasteiger partial charge in [-0.2, -0.15) is 0 Å². The van der Waals surface area contributed by atoms with Crippen LogP contribution in [0.15, 0.2) is 133 Å². The van der Waals surface area contributed by atoms with Crippen molar-refractivity contribution in [1.29, 1.82) is 0 Å². The van der Waals surface area contributed by atoms with Gasteiger partial charge in [0.1, 0.15) is 11.6 Å². The average Bonchev–Trinajstić information content (AvgIpc) is 3.90. The van der Waals surface area contributed by atoms with E-state index in [2.05, 4.69) is 84.9 Å². The van der Waals surface area contributed by atoms with Crippen molar-refractivity contribution in [3.05, 3.63) is 145 Å². The summed E-state index contributed by atoms with van der Waals surface area (Å²) < 4.78 is 32.0. The fraction of sp³-hybridized carbons (Fsp3) is 0. The summed E-state index contributed by atoms with van der Waals surface area (Å²) in [6, 6.07) is 45.0. The van der Waals surface area contributed by atoms with E-state index in [4.69, 9.17) is 0 Å². The molecule has 4 heterocycles. The molecule has 0 spiro atoms. The Kier molecular flexibility index (Phi) is 6.43. The summed E-state index contributed by atoms with van der Waals surface area (Å²) in [6.07, 6.45) is 0. The second kappa shape index (κ2) is 10.9. The quantitative estimate of drug-likeness (QED) is 0.172. The van der Waals surface area contributed by atoms with Crippen LogP contribution in [-0.4, -0.2) is 0 Å². The largest absolute Gasteiger partial charge is 0.207 e. The van der Waals surface area contributed by atoms with Gasteiger partial charge in [0.25, 0.3) is 0 Å². The standard InChI is InChI=1S/C42H22F2S4/c43-33-9-5-23(6-10-33)25-1-3-27-17-39(45-35(27)15-25)41-21-31-13-29-20-38-32(14-30(29)19-37(31)47-41)22-42(48-38)40-18-28-4-2-26(16-36(28)46-40)24-7-11-34(44)12-8-24/h1-22H. The summed E-state index contributed by atoms with van der Waals surface area (Å²) in [5.41, 5.74) is 4.25. The van der Waals surface area contributed by atoms with Crippen molar-refractivity contribution in [3.8, 4) is 41.8 Å². The molecule has 0 saturated heterocycles. The monoisotopic (exact) mass is 692 g/mol. The van der Waals surface area contributed by atoms with E-state index in [0.29, 0.717) is 0 Å².